The molecule has 5 rings (SSSR count). The van der Waals surface area contributed by atoms with Gasteiger partial charge in [0.05, 0.1) is 19.2 Å². The average Bonchev–Trinajstić information content (AvgIpc) is 4.07. The molecule has 1 N–H and O–H groups in total. The zero-order valence-electron chi connectivity index (χ0n) is 40.9. The second-order valence-electron chi connectivity index (χ2n) is 19.2. The largest absolute Gasteiger partial charge is 0.499 e. The van der Waals surface area contributed by atoms with E-state index in [1.807, 2.05) is 121 Å². The van der Waals surface area contributed by atoms with Crippen molar-refractivity contribution in [3.05, 3.63) is 83.6 Å². The van der Waals surface area contributed by atoms with Crippen LogP contribution in [0.25, 0.3) is 0 Å². The van der Waals surface area contributed by atoms with Crippen molar-refractivity contribution >= 4 is 41.4 Å². The Morgan fingerprint density at radius 1 is 0.742 bits per heavy atom. The van der Waals surface area contributed by atoms with Gasteiger partial charge in [0.1, 0.15) is 36.0 Å². The molecule has 7 amide bonds. The predicted molar refractivity (Wildman–Crippen MR) is 252 cm³/mol. The van der Waals surface area contributed by atoms with Gasteiger partial charge in [0, 0.05) is 39.7 Å². The first-order chi connectivity index (χ1) is 31.3. The number of likely N-dealkylation sites (N-methyl/N-ethyl adjacent to an activating group) is 3. The summed E-state index contributed by atoms with van der Waals surface area (Å²) in [6, 6.07) is 13.2. The number of benzene rings is 2. The summed E-state index contributed by atoms with van der Waals surface area (Å²) in [5, 5.41) is 3.05. The fourth-order valence-electron chi connectivity index (χ4n) is 10.00. The van der Waals surface area contributed by atoms with Crippen molar-refractivity contribution in [2.24, 2.45) is 17.8 Å². The zero-order valence-corrected chi connectivity index (χ0v) is 40.9. The summed E-state index contributed by atoms with van der Waals surface area (Å²) in [6.45, 7) is 11.9. The smallest absolute Gasteiger partial charge is 0.257 e. The Bertz CT molecular complexity index is 2080. The maximum Gasteiger partial charge on any atom is 0.257 e. The van der Waals surface area contributed by atoms with Crippen molar-refractivity contribution in [2.75, 3.05) is 48.4 Å². The van der Waals surface area contributed by atoms with E-state index in [1.54, 1.807) is 19.0 Å². The van der Waals surface area contributed by atoms with Crippen molar-refractivity contribution in [3.63, 3.8) is 0 Å². The number of hydrogen-bond acceptors (Lipinski definition) is 9. The highest BCUT2D eigenvalue weighted by molar-refractivity contribution is 6.07. The van der Waals surface area contributed by atoms with E-state index in [0.29, 0.717) is 50.8 Å². The fourth-order valence-corrected chi connectivity index (χ4v) is 10.00. The van der Waals surface area contributed by atoms with Crippen LogP contribution >= 0.6 is 0 Å². The minimum atomic E-state index is -0.999. The van der Waals surface area contributed by atoms with E-state index < -0.39 is 65.9 Å². The number of nitrogens with zero attached hydrogens (tertiary/aromatic N) is 6. The topological polar surface area (TPSA) is 160 Å². The molecule has 2 aromatic carbocycles. The normalized spacial score (nSPS) is 20.8. The van der Waals surface area contributed by atoms with Crippen LogP contribution in [0.4, 0.5) is 0 Å². The van der Waals surface area contributed by atoms with Gasteiger partial charge in [-0.05, 0) is 75.1 Å². The molecule has 2 aromatic rings. The Morgan fingerprint density at radius 3 is 1.79 bits per heavy atom. The summed E-state index contributed by atoms with van der Waals surface area (Å²) < 4.78 is 5.48. The number of ether oxygens (including phenoxy) is 1. The summed E-state index contributed by atoms with van der Waals surface area (Å²) in [6.07, 6.45) is 4.36. The number of methoxy groups -OCH3 is 1. The van der Waals surface area contributed by atoms with Gasteiger partial charge < -0.3 is 29.7 Å². The van der Waals surface area contributed by atoms with E-state index in [2.05, 4.69) is 5.32 Å². The van der Waals surface area contributed by atoms with Gasteiger partial charge in [-0.2, -0.15) is 0 Å². The molecule has 2 saturated heterocycles. The number of carbonyl (C=O) groups is 7. The monoisotopic (exact) mass is 912 g/mol. The standard InChI is InChI=1S/C51H73N7O8/c1-12-34(6)45(51(65)57-28-20-26-39(57)49(63)58-42(59)31-41(66-11)43(58)32(2)3)55(10)48(62)38-25-19-27-56(38)50(64)44(33(4)5)54(9)47(61)37(29-35-21-15-13-16-22-35)52-46(60)40(53(7)8)30-36-23-17-14-18-24-36/h13-18,21-24,31-34,37-40,43-45H,12,19-20,25-30H2,1-11H3,(H,52,60)/t34-,37+,38-,39+,40-,43-,44-,45-/m0/s1. The van der Waals surface area contributed by atoms with Gasteiger partial charge >= 0.3 is 0 Å². The van der Waals surface area contributed by atoms with Gasteiger partial charge in [-0.3, -0.25) is 43.4 Å². The maximum atomic E-state index is 14.9. The number of amides is 7. The lowest BCUT2D eigenvalue weighted by atomic mass is 9.94. The van der Waals surface area contributed by atoms with E-state index in [9.17, 15) is 33.6 Å². The number of hydrogen-bond donors (Lipinski definition) is 1. The molecule has 2 fully saturated rings. The van der Waals surface area contributed by atoms with E-state index in [1.165, 1.54) is 32.8 Å². The highest BCUT2D eigenvalue weighted by Gasteiger charge is 2.49. The van der Waals surface area contributed by atoms with Crippen LogP contribution in [0, 0.1) is 17.8 Å². The fraction of sp³-hybridized carbons (Fsp3) is 0.588. The molecule has 3 aliphatic rings. The number of nitrogens with one attached hydrogen (secondary N) is 1. The number of carbonyl (C=O) groups excluding carboxylic acids is 7. The number of rotatable bonds is 19. The molecule has 0 radical (unpaired) electrons. The van der Waals surface area contributed by atoms with Gasteiger partial charge in [-0.15, -0.1) is 0 Å². The molecular weight excluding hydrogens is 839 g/mol. The molecular formula is C51H73N7O8. The molecule has 0 bridgehead atoms. The third kappa shape index (κ3) is 11.3. The lowest BCUT2D eigenvalue weighted by Gasteiger charge is -2.40. The Kier molecular flexibility index (Phi) is 17.7. The van der Waals surface area contributed by atoms with E-state index in [0.717, 1.165) is 11.1 Å². The average molecular weight is 912 g/mol. The van der Waals surface area contributed by atoms with Gasteiger partial charge in [0.2, 0.25) is 29.5 Å². The minimum Gasteiger partial charge on any atom is -0.499 e. The molecule has 15 heteroatoms. The van der Waals surface area contributed by atoms with Gasteiger partial charge in [-0.1, -0.05) is 109 Å². The van der Waals surface area contributed by atoms with Crippen molar-refractivity contribution in [1.29, 1.82) is 0 Å². The van der Waals surface area contributed by atoms with E-state index in [4.69, 9.17) is 4.74 Å². The highest BCUT2D eigenvalue weighted by Crippen LogP contribution is 2.32. The lowest BCUT2D eigenvalue weighted by molar-refractivity contribution is -0.157. The lowest BCUT2D eigenvalue weighted by Crippen LogP contribution is -2.61. The third-order valence-electron chi connectivity index (χ3n) is 13.8. The summed E-state index contributed by atoms with van der Waals surface area (Å²) in [5.41, 5.74) is 1.82. The highest BCUT2D eigenvalue weighted by atomic mass is 16.5. The van der Waals surface area contributed by atoms with Crippen LogP contribution in [-0.4, -0.2) is 161 Å². The van der Waals surface area contributed by atoms with Crippen LogP contribution in [0.3, 0.4) is 0 Å². The van der Waals surface area contributed by atoms with Crippen molar-refractivity contribution < 1.29 is 38.3 Å². The summed E-state index contributed by atoms with van der Waals surface area (Å²) >= 11 is 0. The van der Waals surface area contributed by atoms with Crippen LogP contribution in [0.2, 0.25) is 0 Å². The zero-order chi connectivity index (χ0) is 48.6. The molecule has 66 heavy (non-hydrogen) atoms. The van der Waals surface area contributed by atoms with Crippen LogP contribution in [0.1, 0.15) is 84.8 Å². The van der Waals surface area contributed by atoms with Crippen molar-refractivity contribution in [2.45, 2.75) is 129 Å². The van der Waals surface area contributed by atoms with E-state index in [-0.39, 0.29) is 48.4 Å². The van der Waals surface area contributed by atoms with Gasteiger partial charge in [0.15, 0.2) is 0 Å². The molecule has 0 unspecified atom stereocenters. The molecule has 360 valence electrons. The second kappa shape index (κ2) is 22.8. The Hall–Kier alpha value is -5.57. The first-order valence-electron chi connectivity index (χ1n) is 23.7. The van der Waals surface area contributed by atoms with Crippen LogP contribution < -0.4 is 5.32 Å². The molecule has 0 aliphatic carbocycles. The summed E-state index contributed by atoms with van der Waals surface area (Å²) in [4.78, 5) is 110. The maximum absolute atomic E-state index is 14.9. The van der Waals surface area contributed by atoms with Crippen LogP contribution in [-0.2, 0) is 51.1 Å². The summed E-state index contributed by atoms with van der Waals surface area (Å²) in [5.74, 6) is -3.26. The first-order valence-corrected chi connectivity index (χ1v) is 23.7. The minimum absolute atomic E-state index is 0.123. The molecule has 0 aromatic heterocycles. The van der Waals surface area contributed by atoms with Crippen molar-refractivity contribution in [3.8, 4) is 0 Å². The van der Waals surface area contributed by atoms with Crippen LogP contribution in [0.5, 0.6) is 0 Å². The SMILES string of the molecule is CC[C@H](C)[C@@H](C(=O)N1CCC[C@@H]1C(=O)N1C(=O)C=C(OC)[C@@H]1C(C)C)N(C)C(=O)[C@@H]1CCCN1C(=O)[C@H](C(C)C)N(C)C(=O)[C@@H](Cc1ccccc1)NC(=O)[C@H](Cc1ccccc1)N(C)C. The molecule has 15 nitrogen and oxygen atoms in total. The Morgan fingerprint density at radius 2 is 1.27 bits per heavy atom. The molecule has 0 saturated carbocycles. The Balaban J connectivity index is 1.36. The van der Waals surface area contributed by atoms with E-state index >= 15 is 0 Å². The van der Waals surface area contributed by atoms with Crippen LogP contribution in [0.15, 0.2) is 72.5 Å². The second-order valence-corrected chi connectivity index (χ2v) is 19.2. The van der Waals surface area contributed by atoms with Gasteiger partial charge in [-0.25, -0.2) is 0 Å². The summed E-state index contributed by atoms with van der Waals surface area (Å²) in [7, 11) is 8.29. The number of likely N-dealkylation sites (tertiary alicyclic amines) is 2. The predicted octanol–water partition coefficient (Wildman–Crippen LogP) is 4.15. The molecule has 0 spiro atoms. The van der Waals surface area contributed by atoms with Crippen molar-refractivity contribution in [1.82, 2.24) is 34.7 Å². The quantitative estimate of drug-likeness (QED) is 0.205. The molecule has 3 aliphatic heterocycles. The molecule has 3 heterocycles. The number of imide groups is 1. The third-order valence-corrected chi connectivity index (χ3v) is 13.8. The Labute approximate surface area is 391 Å². The molecule has 8 atom stereocenters. The van der Waals surface area contributed by atoms with Gasteiger partial charge in [0.25, 0.3) is 11.8 Å². The first kappa shape index (κ1) is 51.4.